The van der Waals surface area contributed by atoms with Gasteiger partial charge < -0.3 is 10.1 Å². The molecule has 0 amide bonds. The molecule has 2 N–H and O–H groups in total. The van der Waals surface area contributed by atoms with Crippen molar-refractivity contribution in [1.82, 2.24) is 10.0 Å². The summed E-state index contributed by atoms with van der Waals surface area (Å²) in [6.45, 7) is 6.85. The Balaban J connectivity index is 2.14. The van der Waals surface area contributed by atoms with E-state index in [2.05, 4.69) is 23.9 Å². The van der Waals surface area contributed by atoms with Crippen LogP contribution in [0.4, 0.5) is 0 Å². The van der Waals surface area contributed by atoms with Crippen LogP contribution >= 0.6 is 0 Å². The minimum Gasteiger partial charge on any atom is -0.381 e. The van der Waals surface area contributed by atoms with Crippen LogP contribution in [0.3, 0.4) is 0 Å². The van der Waals surface area contributed by atoms with Gasteiger partial charge in [-0.05, 0) is 31.7 Å². The normalized spacial score (nSPS) is 21.4. The lowest BCUT2D eigenvalue weighted by atomic mass is 10.0. The molecule has 5 nitrogen and oxygen atoms in total. The fraction of sp³-hybridized carbons (Fsp3) is 1.00. The van der Waals surface area contributed by atoms with E-state index in [1.54, 1.807) is 0 Å². The van der Waals surface area contributed by atoms with E-state index in [0.717, 1.165) is 26.0 Å². The van der Waals surface area contributed by atoms with E-state index in [1.165, 1.54) is 0 Å². The van der Waals surface area contributed by atoms with Crippen LogP contribution in [-0.2, 0) is 14.8 Å². The Kier molecular flexibility index (Phi) is 7.14. The minimum absolute atomic E-state index is 0.195. The molecule has 108 valence electrons. The van der Waals surface area contributed by atoms with Crippen LogP contribution < -0.4 is 10.0 Å². The second kappa shape index (κ2) is 8.09. The lowest BCUT2D eigenvalue weighted by Crippen LogP contribution is -2.35. The van der Waals surface area contributed by atoms with E-state index in [9.17, 15) is 8.42 Å². The van der Waals surface area contributed by atoms with Gasteiger partial charge in [0.25, 0.3) is 0 Å². The van der Waals surface area contributed by atoms with Crippen molar-refractivity contribution in [3.63, 3.8) is 0 Å². The molecule has 0 radical (unpaired) electrons. The number of hydrogen-bond donors (Lipinski definition) is 2. The zero-order valence-electron chi connectivity index (χ0n) is 11.4. The van der Waals surface area contributed by atoms with Gasteiger partial charge in [0.15, 0.2) is 0 Å². The first kappa shape index (κ1) is 15.9. The van der Waals surface area contributed by atoms with Gasteiger partial charge in [-0.25, -0.2) is 13.1 Å². The number of nitrogens with one attached hydrogen (secondary N) is 2. The molecule has 1 heterocycles. The number of hydrogen-bond acceptors (Lipinski definition) is 4. The van der Waals surface area contributed by atoms with Gasteiger partial charge in [-0.3, -0.25) is 0 Å². The first-order valence-corrected chi connectivity index (χ1v) is 8.43. The van der Waals surface area contributed by atoms with Gasteiger partial charge in [0.2, 0.25) is 10.0 Å². The molecule has 0 bridgehead atoms. The van der Waals surface area contributed by atoms with Crippen LogP contribution in [0.1, 0.15) is 33.1 Å². The fourth-order valence-electron chi connectivity index (χ4n) is 1.94. The maximum Gasteiger partial charge on any atom is 0.211 e. The van der Waals surface area contributed by atoms with Gasteiger partial charge in [-0.15, -0.1) is 0 Å². The molecule has 0 aliphatic carbocycles. The summed E-state index contributed by atoms with van der Waals surface area (Å²) in [5.41, 5.74) is 0. The molecule has 1 atom stereocenters. The number of ether oxygens (including phenoxy) is 1. The largest absolute Gasteiger partial charge is 0.381 e. The molecule has 1 aliphatic heterocycles. The molecular formula is C12H26N2O3S. The summed E-state index contributed by atoms with van der Waals surface area (Å²) < 4.78 is 31.5. The Morgan fingerprint density at radius 2 is 2.17 bits per heavy atom. The third kappa shape index (κ3) is 7.31. The maximum absolute atomic E-state index is 11.7. The van der Waals surface area contributed by atoms with Gasteiger partial charge in [0.05, 0.1) is 12.4 Å². The highest BCUT2D eigenvalue weighted by atomic mass is 32.2. The molecule has 18 heavy (non-hydrogen) atoms. The van der Waals surface area contributed by atoms with E-state index in [0.29, 0.717) is 31.5 Å². The molecule has 1 unspecified atom stereocenters. The number of sulfonamides is 1. The van der Waals surface area contributed by atoms with Crippen LogP contribution in [0, 0.1) is 5.92 Å². The Labute approximate surface area is 111 Å². The van der Waals surface area contributed by atoms with E-state index >= 15 is 0 Å². The van der Waals surface area contributed by atoms with Crippen molar-refractivity contribution in [1.29, 1.82) is 0 Å². The summed E-state index contributed by atoms with van der Waals surface area (Å²) in [5, 5.41) is 3.21. The van der Waals surface area contributed by atoms with E-state index in [4.69, 9.17) is 4.74 Å². The molecule has 1 rings (SSSR count). The highest BCUT2D eigenvalue weighted by Gasteiger charge is 2.17. The SMILES string of the molecule is CC(C)NCCCS(=O)(=O)NCC1CCCOC1. The Hall–Kier alpha value is -0.170. The summed E-state index contributed by atoms with van der Waals surface area (Å²) in [7, 11) is -3.12. The molecule has 6 heteroatoms. The molecular weight excluding hydrogens is 252 g/mol. The topological polar surface area (TPSA) is 67.4 Å². The maximum atomic E-state index is 11.7. The van der Waals surface area contributed by atoms with Crippen molar-refractivity contribution >= 4 is 10.0 Å². The minimum atomic E-state index is -3.12. The van der Waals surface area contributed by atoms with Crippen molar-refractivity contribution in [3.8, 4) is 0 Å². The van der Waals surface area contributed by atoms with E-state index in [1.807, 2.05) is 0 Å². The van der Waals surface area contributed by atoms with Gasteiger partial charge in [0.1, 0.15) is 0 Å². The average molecular weight is 278 g/mol. The van der Waals surface area contributed by atoms with Crippen LogP contribution in [0.15, 0.2) is 0 Å². The summed E-state index contributed by atoms with van der Waals surface area (Å²) in [5.74, 6) is 0.530. The molecule has 0 spiro atoms. The second-order valence-electron chi connectivity index (χ2n) is 5.21. The molecule has 0 aromatic heterocycles. The van der Waals surface area contributed by atoms with Crippen molar-refractivity contribution in [2.24, 2.45) is 5.92 Å². The van der Waals surface area contributed by atoms with Crippen LogP contribution in [0.5, 0.6) is 0 Å². The molecule has 1 saturated heterocycles. The van der Waals surface area contributed by atoms with Gasteiger partial charge >= 0.3 is 0 Å². The monoisotopic (exact) mass is 278 g/mol. The third-order valence-corrected chi connectivity index (χ3v) is 4.42. The van der Waals surface area contributed by atoms with Gasteiger partial charge in [0, 0.05) is 19.2 Å². The third-order valence-electron chi connectivity index (χ3n) is 2.99. The first-order valence-electron chi connectivity index (χ1n) is 6.78. The Bertz CT molecular complexity index is 311. The second-order valence-corrected chi connectivity index (χ2v) is 7.14. The molecule has 0 aromatic rings. The highest BCUT2D eigenvalue weighted by Crippen LogP contribution is 2.12. The Morgan fingerprint density at radius 1 is 1.39 bits per heavy atom. The van der Waals surface area contributed by atoms with Gasteiger partial charge in [-0.1, -0.05) is 13.8 Å². The quantitative estimate of drug-likeness (QED) is 0.642. The molecule has 1 fully saturated rings. The summed E-state index contributed by atoms with van der Waals surface area (Å²) in [6.07, 6.45) is 2.73. The first-order chi connectivity index (χ1) is 8.49. The molecule has 0 saturated carbocycles. The van der Waals surface area contributed by atoms with Gasteiger partial charge in [-0.2, -0.15) is 0 Å². The fourth-order valence-corrected chi connectivity index (χ4v) is 3.10. The standard InChI is InChI=1S/C12H26N2O3S/c1-11(2)13-6-4-8-18(15,16)14-9-12-5-3-7-17-10-12/h11-14H,3-10H2,1-2H3. The zero-order valence-corrected chi connectivity index (χ0v) is 12.3. The van der Waals surface area contributed by atoms with Crippen molar-refractivity contribution < 1.29 is 13.2 Å². The van der Waals surface area contributed by atoms with E-state index in [-0.39, 0.29) is 5.75 Å². The van der Waals surface area contributed by atoms with E-state index < -0.39 is 10.0 Å². The van der Waals surface area contributed by atoms with Crippen molar-refractivity contribution in [3.05, 3.63) is 0 Å². The summed E-state index contributed by atoms with van der Waals surface area (Å²) >= 11 is 0. The predicted molar refractivity (Wildman–Crippen MR) is 73.1 cm³/mol. The van der Waals surface area contributed by atoms with Crippen molar-refractivity contribution in [2.45, 2.75) is 39.2 Å². The average Bonchev–Trinajstić information content (AvgIpc) is 2.34. The smallest absolute Gasteiger partial charge is 0.211 e. The predicted octanol–water partition coefficient (Wildman–Crippen LogP) is 0.721. The van der Waals surface area contributed by atoms with Crippen LogP contribution in [0.25, 0.3) is 0 Å². The zero-order chi connectivity index (χ0) is 13.4. The number of rotatable bonds is 8. The van der Waals surface area contributed by atoms with Crippen LogP contribution in [0.2, 0.25) is 0 Å². The lowest BCUT2D eigenvalue weighted by molar-refractivity contribution is 0.0568. The van der Waals surface area contributed by atoms with Crippen molar-refractivity contribution in [2.75, 3.05) is 32.1 Å². The highest BCUT2D eigenvalue weighted by molar-refractivity contribution is 7.89. The summed E-state index contributed by atoms with van der Waals surface area (Å²) in [6, 6.07) is 0.403. The van der Waals surface area contributed by atoms with Crippen LogP contribution in [-0.4, -0.2) is 46.5 Å². The summed E-state index contributed by atoms with van der Waals surface area (Å²) in [4.78, 5) is 0. The lowest BCUT2D eigenvalue weighted by Gasteiger charge is -2.22. The molecule has 0 aromatic carbocycles. The molecule has 1 aliphatic rings. The Morgan fingerprint density at radius 3 is 2.78 bits per heavy atom.